The zero-order valence-electron chi connectivity index (χ0n) is 12.0. The van der Waals surface area contributed by atoms with Gasteiger partial charge in [-0.15, -0.1) is 0 Å². The van der Waals surface area contributed by atoms with Crippen LogP contribution in [0.4, 0.5) is 5.88 Å². The summed E-state index contributed by atoms with van der Waals surface area (Å²) < 4.78 is 10.4. The highest BCUT2D eigenvalue weighted by Gasteiger charge is 2.17. The number of aromatic nitrogens is 1. The highest BCUT2D eigenvalue weighted by atomic mass is 16.5. The number of methoxy groups -OCH3 is 1. The molecule has 3 rings (SSSR count). The molecule has 0 atom stereocenters. The van der Waals surface area contributed by atoms with E-state index >= 15 is 0 Å². The van der Waals surface area contributed by atoms with Gasteiger partial charge in [-0.1, -0.05) is 47.1 Å². The van der Waals surface area contributed by atoms with Crippen molar-refractivity contribution in [1.29, 1.82) is 0 Å². The molecule has 0 unspecified atom stereocenters. The average Bonchev–Trinajstić information content (AvgIpc) is 2.90. The molecule has 0 bridgehead atoms. The average molecular weight is 280 g/mol. The van der Waals surface area contributed by atoms with Gasteiger partial charge in [0.15, 0.2) is 0 Å². The summed E-state index contributed by atoms with van der Waals surface area (Å²) in [6.45, 7) is 2.05. The summed E-state index contributed by atoms with van der Waals surface area (Å²) in [5.41, 5.74) is 10.6. The molecule has 0 saturated carbocycles. The Balaban J connectivity index is 2.14. The number of hydrogen-bond donors (Lipinski definition) is 1. The van der Waals surface area contributed by atoms with Crippen molar-refractivity contribution < 1.29 is 9.26 Å². The molecule has 0 aliphatic carbocycles. The topological polar surface area (TPSA) is 61.3 Å². The maximum absolute atomic E-state index is 5.96. The second-order valence-corrected chi connectivity index (χ2v) is 4.87. The molecule has 0 spiro atoms. The standard InChI is InChI=1S/C17H16N2O2/c1-11-6-8-12(9-7-11)15-16(19-21-17(15)18)13-4-3-5-14(10-13)20-2/h3-10H,18H2,1-2H3. The van der Waals surface area contributed by atoms with Gasteiger partial charge in [0.1, 0.15) is 11.4 Å². The van der Waals surface area contributed by atoms with E-state index < -0.39 is 0 Å². The minimum Gasteiger partial charge on any atom is -0.497 e. The van der Waals surface area contributed by atoms with Crippen LogP contribution >= 0.6 is 0 Å². The molecular weight excluding hydrogens is 264 g/mol. The molecule has 3 aromatic rings. The van der Waals surface area contributed by atoms with Crippen LogP contribution in [0.15, 0.2) is 53.1 Å². The van der Waals surface area contributed by atoms with Crippen molar-refractivity contribution in [2.75, 3.05) is 12.8 Å². The lowest BCUT2D eigenvalue weighted by molar-refractivity contribution is 0.415. The molecule has 21 heavy (non-hydrogen) atoms. The highest BCUT2D eigenvalue weighted by Crippen LogP contribution is 2.37. The fourth-order valence-corrected chi connectivity index (χ4v) is 2.27. The Hall–Kier alpha value is -2.75. The first-order valence-corrected chi connectivity index (χ1v) is 6.65. The largest absolute Gasteiger partial charge is 0.497 e. The highest BCUT2D eigenvalue weighted by molar-refractivity contribution is 5.87. The van der Waals surface area contributed by atoms with Gasteiger partial charge in [-0.2, -0.15) is 0 Å². The van der Waals surface area contributed by atoms with Crippen molar-refractivity contribution in [3.63, 3.8) is 0 Å². The van der Waals surface area contributed by atoms with Gasteiger partial charge in [0.2, 0.25) is 5.88 Å². The second-order valence-electron chi connectivity index (χ2n) is 4.87. The van der Waals surface area contributed by atoms with E-state index in [4.69, 9.17) is 15.0 Å². The second kappa shape index (κ2) is 5.32. The number of benzene rings is 2. The minimum atomic E-state index is 0.316. The van der Waals surface area contributed by atoms with Crippen molar-refractivity contribution in [2.45, 2.75) is 6.92 Å². The summed E-state index contributed by atoms with van der Waals surface area (Å²) in [5.74, 6) is 1.08. The number of nitrogens with zero attached hydrogens (tertiary/aromatic N) is 1. The molecule has 1 aromatic heterocycles. The third-order valence-corrected chi connectivity index (χ3v) is 3.40. The number of nitrogen functional groups attached to an aromatic ring is 1. The summed E-state index contributed by atoms with van der Waals surface area (Å²) in [4.78, 5) is 0. The van der Waals surface area contributed by atoms with Crippen molar-refractivity contribution in [2.24, 2.45) is 0 Å². The molecule has 2 aromatic carbocycles. The Bertz CT molecular complexity index is 761. The molecule has 0 amide bonds. The zero-order valence-corrected chi connectivity index (χ0v) is 12.0. The third kappa shape index (κ3) is 2.48. The molecule has 2 N–H and O–H groups in total. The van der Waals surface area contributed by atoms with Crippen LogP contribution in [0.2, 0.25) is 0 Å². The van der Waals surface area contributed by atoms with Gasteiger partial charge in [0.25, 0.3) is 0 Å². The Morgan fingerprint density at radius 3 is 2.52 bits per heavy atom. The predicted molar refractivity (Wildman–Crippen MR) is 83.1 cm³/mol. The fourth-order valence-electron chi connectivity index (χ4n) is 2.27. The van der Waals surface area contributed by atoms with Crippen LogP contribution < -0.4 is 10.5 Å². The summed E-state index contributed by atoms with van der Waals surface area (Å²) in [6.07, 6.45) is 0. The van der Waals surface area contributed by atoms with E-state index in [1.165, 1.54) is 5.56 Å². The molecule has 106 valence electrons. The van der Waals surface area contributed by atoms with Crippen molar-refractivity contribution in [3.05, 3.63) is 54.1 Å². The van der Waals surface area contributed by atoms with Crippen molar-refractivity contribution in [1.82, 2.24) is 5.16 Å². The molecule has 1 heterocycles. The van der Waals surface area contributed by atoms with E-state index in [0.717, 1.165) is 28.1 Å². The van der Waals surface area contributed by atoms with Crippen molar-refractivity contribution >= 4 is 5.88 Å². The number of rotatable bonds is 3. The Morgan fingerprint density at radius 1 is 1.05 bits per heavy atom. The predicted octanol–water partition coefficient (Wildman–Crippen LogP) is 3.91. The number of anilines is 1. The summed E-state index contributed by atoms with van der Waals surface area (Å²) >= 11 is 0. The molecule has 0 radical (unpaired) electrons. The first-order valence-electron chi connectivity index (χ1n) is 6.65. The number of hydrogen-bond acceptors (Lipinski definition) is 4. The van der Waals surface area contributed by atoms with E-state index in [1.54, 1.807) is 7.11 Å². The molecule has 4 heteroatoms. The van der Waals surface area contributed by atoms with Crippen LogP contribution in [0.25, 0.3) is 22.4 Å². The monoisotopic (exact) mass is 280 g/mol. The number of aryl methyl sites for hydroxylation is 1. The zero-order chi connectivity index (χ0) is 14.8. The smallest absolute Gasteiger partial charge is 0.230 e. The van der Waals surface area contributed by atoms with Crippen LogP contribution in [-0.2, 0) is 0 Å². The van der Waals surface area contributed by atoms with Gasteiger partial charge in [0, 0.05) is 5.56 Å². The third-order valence-electron chi connectivity index (χ3n) is 3.40. The summed E-state index contributed by atoms with van der Waals surface area (Å²) in [7, 11) is 1.64. The molecule has 0 aliphatic rings. The van der Waals surface area contributed by atoms with Crippen LogP contribution in [0, 0.1) is 6.92 Å². The van der Waals surface area contributed by atoms with Gasteiger partial charge in [-0.25, -0.2) is 0 Å². The Kier molecular flexibility index (Phi) is 3.36. The lowest BCUT2D eigenvalue weighted by atomic mass is 10.00. The van der Waals surface area contributed by atoms with E-state index in [9.17, 15) is 0 Å². The maximum atomic E-state index is 5.96. The van der Waals surface area contributed by atoms with Crippen LogP contribution in [0.5, 0.6) is 5.75 Å². The van der Waals surface area contributed by atoms with Gasteiger partial charge < -0.3 is 15.0 Å². The van der Waals surface area contributed by atoms with Gasteiger partial charge in [-0.3, -0.25) is 0 Å². The SMILES string of the molecule is COc1cccc(-c2noc(N)c2-c2ccc(C)cc2)c1. The summed E-state index contributed by atoms with van der Waals surface area (Å²) in [6, 6.07) is 15.8. The summed E-state index contributed by atoms with van der Waals surface area (Å²) in [5, 5.41) is 4.10. The van der Waals surface area contributed by atoms with Crippen molar-refractivity contribution in [3.8, 4) is 28.1 Å². The van der Waals surface area contributed by atoms with E-state index in [-0.39, 0.29) is 0 Å². The number of ether oxygens (including phenoxy) is 1. The molecular formula is C17H16N2O2. The van der Waals surface area contributed by atoms with Crippen LogP contribution in [-0.4, -0.2) is 12.3 Å². The van der Waals surface area contributed by atoms with E-state index in [2.05, 4.69) is 5.16 Å². The van der Waals surface area contributed by atoms with Gasteiger partial charge >= 0.3 is 0 Å². The van der Waals surface area contributed by atoms with Gasteiger partial charge in [-0.05, 0) is 24.6 Å². The Morgan fingerprint density at radius 2 is 1.81 bits per heavy atom. The first kappa shape index (κ1) is 13.2. The Labute approximate surface area is 123 Å². The van der Waals surface area contributed by atoms with Crippen LogP contribution in [0.1, 0.15) is 5.56 Å². The molecule has 0 saturated heterocycles. The van der Waals surface area contributed by atoms with Crippen LogP contribution in [0.3, 0.4) is 0 Å². The first-order chi connectivity index (χ1) is 10.2. The number of nitrogens with two attached hydrogens (primary N) is 1. The molecule has 0 fully saturated rings. The van der Waals surface area contributed by atoms with E-state index in [1.807, 2.05) is 55.5 Å². The van der Waals surface area contributed by atoms with E-state index in [0.29, 0.717) is 5.88 Å². The maximum Gasteiger partial charge on any atom is 0.230 e. The molecule has 4 nitrogen and oxygen atoms in total. The molecule has 0 aliphatic heterocycles. The lowest BCUT2D eigenvalue weighted by Gasteiger charge is -2.05. The normalized spacial score (nSPS) is 10.6. The quantitative estimate of drug-likeness (QED) is 0.790. The fraction of sp³-hybridized carbons (Fsp3) is 0.118. The lowest BCUT2D eigenvalue weighted by Crippen LogP contribution is -1.89. The minimum absolute atomic E-state index is 0.316. The van der Waals surface area contributed by atoms with Gasteiger partial charge in [0.05, 0.1) is 12.7 Å².